The molecule has 3 nitrogen and oxygen atoms in total. The number of hydroxylamine groups is 1. The van der Waals surface area contributed by atoms with Crippen molar-refractivity contribution in [1.29, 1.82) is 0 Å². The first kappa shape index (κ1) is 11.9. The summed E-state index contributed by atoms with van der Waals surface area (Å²) in [7, 11) is 1.66. The third-order valence-corrected chi connectivity index (χ3v) is 0.655. The van der Waals surface area contributed by atoms with Crippen LogP contribution in [0, 0.1) is 0 Å². The van der Waals surface area contributed by atoms with E-state index >= 15 is 0 Å². The highest BCUT2D eigenvalue weighted by molar-refractivity contribution is 5.85. The third kappa shape index (κ3) is 11.6. The highest BCUT2D eigenvalue weighted by Crippen LogP contribution is 1.65. The Morgan fingerprint density at radius 1 is 1.44 bits per heavy atom. The Bertz CT molecular complexity index is 39.9. The van der Waals surface area contributed by atoms with Crippen molar-refractivity contribution >= 4 is 12.4 Å². The summed E-state index contributed by atoms with van der Waals surface area (Å²) < 4.78 is 4.75. The molecule has 0 unspecified atom stereocenters. The first-order valence-electron chi connectivity index (χ1n) is 2.75. The van der Waals surface area contributed by atoms with E-state index in [0.29, 0.717) is 13.2 Å². The minimum absolute atomic E-state index is 0. The molecule has 0 aromatic rings. The Hall–Kier alpha value is 0.170. The monoisotopic (exact) mass is 155 g/mol. The van der Waals surface area contributed by atoms with E-state index < -0.39 is 0 Å². The Labute approximate surface area is 62.1 Å². The number of hydrogen-bond acceptors (Lipinski definition) is 3. The van der Waals surface area contributed by atoms with Gasteiger partial charge in [-0.1, -0.05) is 0 Å². The fraction of sp³-hybridized carbons (Fsp3) is 1.00. The summed E-state index contributed by atoms with van der Waals surface area (Å²) in [6.07, 6.45) is 0. The molecule has 1 N–H and O–H groups in total. The van der Waals surface area contributed by atoms with E-state index in [-0.39, 0.29) is 12.4 Å². The number of halogens is 1. The molecule has 0 bridgehead atoms. The molecule has 0 aromatic carbocycles. The SMILES string of the molecule is CCONCCOC.Cl. The molecule has 0 fully saturated rings. The smallest absolute Gasteiger partial charge is 0.0653 e. The van der Waals surface area contributed by atoms with E-state index in [1.165, 1.54) is 0 Å². The number of hydrogen-bond donors (Lipinski definition) is 1. The van der Waals surface area contributed by atoms with Crippen LogP contribution < -0.4 is 5.48 Å². The largest absolute Gasteiger partial charge is 0.383 e. The second-order valence-electron chi connectivity index (χ2n) is 1.32. The summed E-state index contributed by atoms with van der Waals surface area (Å²) in [5.74, 6) is 0. The third-order valence-electron chi connectivity index (χ3n) is 0.655. The van der Waals surface area contributed by atoms with Crippen LogP contribution in [0.2, 0.25) is 0 Å². The van der Waals surface area contributed by atoms with Crippen LogP contribution in [-0.2, 0) is 9.57 Å². The molecule has 58 valence electrons. The minimum Gasteiger partial charge on any atom is -0.383 e. The standard InChI is InChI=1S/C5H13NO2.ClH/c1-3-8-6-4-5-7-2;/h6H,3-5H2,1-2H3;1H. The first-order valence-corrected chi connectivity index (χ1v) is 2.75. The number of nitrogens with one attached hydrogen (secondary N) is 1. The first-order chi connectivity index (χ1) is 3.91. The average Bonchev–Trinajstić information content (AvgIpc) is 1.81. The Balaban J connectivity index is 0. The van der Waals surface area contributed by atoms with Gasteiger partial charge in [0.25, 0.3) is 0 Å². The minimum atomic E-state index is 0. The molecule has 0 spiro atoms. The second-order valence-corrected chi connectivity index (χ2v) is 1.32. The van der Waals surface area contributed by atoms with Gasteiger partial charge in [-0.05, 0) is 6.92 Å². The number of ether oxygens (including phenoxy) is 1. The van der Waals surface area contributed by atoms with Crippen LogP contribution in [0.3, 0.4) is 0 Å². The molecule has 0 radical (unpaired) electrons. The normalized spacial score (nSPS) is 8.67. The number of rotatable bonds is 5. The molecule has 0 aliphatic carbocycles. The quantitative estimate of drug-likeness (QED) is 0.466. The predicted molar refractivity (Wildman–Crippen MR) is 38.8 cm³/mol. The van der Waals surface area contributed by atoms with Gasteiger partial charge in [-0.25, -0.2) is 5.48 Å². The second kappa shape index (κ2) is 11.0. The summed E-state index contributed by atoms with van der Waals surface area (Å²) in [5, 5.41) is 0. The fourth-order valence-electron chi connectivity index (χ4n) is 0.318. The highest BCUT2D eigenvalue weighted by atomic mass is 35.5. The summed E-state index contributed by atoms with van der Waals surface area (Å²) in [6, 6.07) is 0. The molecule has 0 saturated carbocycles. The summed E-state index contributed by atoms with van der Waals surface area (Å²) in [5.41, 5.74) is 2.71. The maximum Gasteiger partial charge on any atom is 0.0653 e. The lowest BCUT2D eigenvalue weighted by molar-refractivity contribution is 0.0353. The lowest BCUT2D eigenvalue weighted by Crippen LogP contribution is -2.19. The van der Waals surface area contributed by atoms with Gasteiger partial charge < -0.3 is 9.57 Å². The van der Waals surface area contributed by atoms with Gasteiger partial charge in [-0.2, -0.15) is 0 Å². The van der Waals surface area contributed by atoms with Gasteiger partial charge in [0.05, 0.1) is 13.2 Å². The molecule has 9 heavy (non-hydrogen) atoms. The molecule has 0 rings (SSSR count). The van der Waals surface area contributed by atoms with Crippen molar-refractivity contribution in [3.8, 4) is 0 Å². The van der Waals surface area contributed by atoms with Gasteiger partial charge in [0, 0.05) is 13.7 Å². The van der Waals surface area contributed by atoms with Gasteiger partial charge in [0.2, 0.25) is 0 Å². The zero-order valence-electron chi connectivity index (χ0n) is 5.85. The van der Waals surface area contributed by atoms with Crippen LogP contribution in [0.1, 0.15) is 6.92 Å². The van der Waals surface area contributed by atoms with Gasteiger partial charge in [-0.15, -0.1) is 12.4 Å². The Morgan fingerprint density at radius 3 is 2.56 bits per heavy atom. The van der Waals surface area contributed by atoms with Crippen molar-refractivity contribution in [2.75, 3.05) is 26.9 Å². The zero-order valence-corrected chi connectivity index (χ0v) is 6.66. The van der Waals surface area contributed by atoms with Crippen molar-refractivity contribution in [2.45, 2.75) is 6.92 Å². The maximum absolute atomic E-state index is 4.81. The average molecular weight is 156 g/mol. The van der Waals surface area contributed by atoms with E-state index in [2.05, 4.69) is 5.48 Å². The van der Waals surface area contributed by atoms with Crippen LogP contribution in [-0.4, -0.2) is 26.9 Å². The van der Waals surface area contributed by atoms with Crippen LogP contribution in [0.25, 0.3) is 0 Å². The van der Waals surface area contributed by atoms with Gasteiger partial charge in [0.15, 0.2) is 0 Å². The van der Waals surface area contributed by atoms with Gasteiger partial charge in [-0.3, -0.25) is 0 Å². The summed E-state index contributed by atoms with van der Waals surface area (Å²) in [6.45, 7) is 4.08. The molecule has 0 atom stereocenters. The molecular formula is C5H14ClNO2. The lowest BCUT2D eigenvalue weighted by atomic mass is 10.7. The Morgan fingerprint density at radius 2 is 2.11 bits per heavy atom. The summed E-state index contributed by atoms with van der Waals surface area (Å²) >= 11 is 0. The molecule has 0 saturated heterocycles. The maximum atomic E-state index is 4.81. The van der Waals surface area contributed by atoms with E-state index in [0.717, 1.165) is 6.54 Å². The highest BCUT2D eigenvalue weighted by Gasteiger charge is 1.79. The van der Waals surface area contributed by atoms with Crippen LogP contribution in [0.5, 0.6) is 0 Å². The summed E-state index contributed by atoms with van der Waals surface area (Å²) in [4.78, 5) is 4.81. The van der Waals surface area contributed by atoms with Crippen molar-refractivity contribution in [2.24, 2.45) is 0 Å². The Kier molecular flexibility index (Phi) is 14.6. The van der Waals surface area contributed by atoms with Gasteiger partial charge in [0.1, 0.15) is 0 Å². The van der Waals surface area contributed by atoms with Crippen molar-refractivity contribution in [1.82, 2.24) is 5.48 Å². The molecule has 0 aliphatic heterocycles. The van der Waals surface area contributed by atoms with Crippen molar-refractivity contribution < 1.29 is 9.57 Å². The predicted octanol–water partition coefficient (Wildman–Crippen LogP) is 0.596. The van der Waals surface area contributed by atoms with Crippen LogP contribution in [0.15, 0.2) is 0 Å². The molecule has 0 amide bonds. The van der Waals surface area contributed by atoms with Crippen LogP contribution in [0.4, 0.5) is 0 Å². The van der Waals surface area contributed by atoms with Crippen molar-refractivity contribution in [3.05, 3.63) is 0 Å². The van der Waals surface area contributed by atoms with Crippen molar-refractivity contribution in [3.63, 3.8) is 0 Å². The topological polar surface area (TPSA) is 30.5 Å². The molecule has 0 aromatic heterocycles. The molecule has 0 heterocycles. The van der Waals surface area contributed by atoms with Crippen LogP contribution >= 0.6 is 12.4 Å². The molecule has 0 aliphatic rings. The fourth-order valence-corrected chi connectivity index (χ4v) is 0.318. The van der Waals surface area contributed by atoms with E-state index in [9.17, 15) is 0 Å². The number of methoxy groups -OCH3 is 1. The molecule has 4 heteroatoms. The lowest BCUT2D eigenvalue weighted by Gasteiger charge is -2.00. The molecular weight excluding hydrogens is 142 g/mol. The van der Waals surface area contributed by atoms with E-state index in [1.807, 2.05) is 6.92 Å². The van der Waals surface area contributed by atoms with E-state index in [4.69, 9.17) is 9.57 Å². The zero-order chi connectivity index (χ0) is 6.24. The van der Waals surface area contributed by atoms with Gasteiger partial charge >= 0.3 is 0 Å². The van der Waals surface area contributed by atoms with E-state index in [1.54, 1.807) is 7.11 Å².